The van der Waals surface area contributed by atoms with Crippen LogP contribution >= 0.6 is 0 Å². The number of nitrogens with zero attached hydrogens (tertiary/aromatic N) is 2. The van der Waals surface area contributed by atoms with Gasteiger partial charge in [-0.15, -0.1) is 0 Å². The van der Waals surface area contributed by atoms with Gasteiger partial charge < -0.3 is 14.5 Å². The zero-order valence-corrected chi connectivity index (χ0v) is 15.4. The van der Waals surface area contributed by atoms with Crippen molar-refractivity contribution in [1.82, 2.24) is 9.88 Å². The third-order valence-corrected chi connectivity index (χ3v) is 5.99. The van der Waals surface area contributed by atoms with Crippen LogP contribution in [0.15, 0.2) is 30.0 Å². The Bertz CT molecular complexity index is 1090. The molecule has 0 saturated carbocycles. The molecule has 2 fully saturated rings. The van der Waals surface area contributed by atoms with Gasteiger partial charge in [-0.3, -0.25) is 4.90 Å². The van der Waals surface area contributed by atoms with E-state index < -0.39 is 17.7 Å². The van der Waals surface area contributed by atoms with Crippen LogP contribution < -0.4 is 0 Å². The fraction of sp³-hybridized carbons (Fsp3) is 0.381. The van der Waals surface area contributed by atoms with E-state index in [1.54, 1.807) is 6.07 Å². The van der Waals surface area contributed by atoms with Crippen molar-refractivity contribution in [2.75, 3.05) is 6.54 Å². The van der Waals surface area contributed by atoms with Gasteiger partial charge in [0.15, 0.2) is 5.76 Å². The maximum atomic E-state index is 12.1. The molecule has 2 saturated heterocycles. The van der Waals surface area contributed by atoms with Gasteiger partial charge in [0.25, 0.3) is 0 Å². The number of carbonyl (C=O) groups excluding carboxylic acids is 2. The van der Waals surface area contributed by atoms with Crippen LogP contribution in [0.1, 0.15) is 43.9 Å². The van der Waals surface area contributed by atoms with Crippen molar-refractivity contribution in [3.63, 3.8) is 0 Å². The van der Waals surface area contributed by atoms with Gasteiger partial charge >= 0.3 is 11.9 Å². The highest BCUT2D eigenvalue weighted by molar-refractivity contribution is 6.31. The van der Waals surface area contributed by atoms with E-state index in [1.165, 1.54) is 0 Å². The molecule has 1 N–H and O–H groups in total. The summed E-state index contributed by atoms with van der Waals surface area (Å²) >= 11 is 0. The van der Waals surface area contributed by atoms with Crippen molar-refractivity contribution >= 4 is 28.4 Å². The molecule has 7 heteroatoms. The summed E-state index contributed by atoms with van der Waals surface area (Å²) in [5.74, 6) is -1.49. The highest BCUT2D eigenvalue weighted by Crippen LogP contribution is 2.52. The van der Waals surface area contributed by atoms with E-state index in [2.05, 4.69) is 22.9 Å². The smallest absolute Gasteiger partial charge is 0.422 e. The molecule has 142 valence electrons. The Hall–Kier alpha value is -3.11. The minimum Gasteiger partial charge on any atom is -0.427 e. The number of ether oxygens (including phenoxy) is 2. The molecule has 2 atom stereocenters. The van der Waals surface area contributed by atoms with Gasteiger partial charge in [0.2, 0.25) is 5.72 Å². The van der Waals surface area contributed by atoms with Crippen molar-refractivity contribution in [2.24, 2.45) is 0 Å². The van der Waals surface area contributed by atoms with E-state index in [-0.39, 0.29) is 6.04 Å². The maximum Gasteiger partial charge on any atom is 0.422 e. The lowest BCUT2D eigenvalue weighted by Crippen LogP contribution is -2.58. The number of hydrogen-bond acceptors (Lipinski definition) is 6. The second kappa shape index (κ2) is 5.94. The zero-order chi connectivity index (χ0) is 19.5. The second-order valence-corrected chi connectivity index (χ2v) is 7.52. The first-order valence-corrected chi connectivity index (χ1v) is 9.55. The lowest BCUT2D eigenvalue weighted by atomic mass is 9.93. The largest absolute Gasteiger partial charge is 0.427 e. The third kappa shape index (κ3) is 2.18. The molecule has 7 nitrogen and oxygen atoms in total. The van der Waals surface area contributed by atoms with Gasteiger partial charge in [-0.25, -0.2) is 9.59 Å². The van der Waals surface area contributed by atoms with E-state index in [4.69, 9.17) is 9.47 Å². The fourth-order valence-electron chi connectivity index (χ4n) is 4.86. The van der Waals surface area contributed by atoms with Crippen LogP contribution in [0, 0.1) is 11.3 Å². The van der Waals surface area contributed by atoms with Crippen LogP contribution in [0.5, 0.6) is 0 Å². The Kier molecular flexibility index (Phi) is 3.61. The zero-order valence-electron chi connectivity index (χ0n) is 15.4. The number of fused-ring (bicyclic) bond motifs is 2. The maximum absolute atomic E-state index is 12.1. The van der Waals surface area contributed by atoms with E-state index >= 15 is 0 Å². The fourth-order valence-corrected chi connectivity index (χ4v) is 4.86. The number of hydrogen-bond donors (Lipinski definition) is 1. The van der Waals surface area contributed by atoms with Crippen LogP contribution in [0.4, 0.5) is 0 Å². The number of benzene rings is 1. The molecule has 0 aliphatic carbocycles. The minimum atomic E-state index is -1.01. The SMILES string of the molecule is CCCN1C2CCC13OC(=O)C(=O)OC3=C(c1cc3c(C#N)cccc3[nH]1)C2. The number of esters is 2. The highest BCUT2D eigenvalue weighted by Gasteiger charge is 2.61. The Morgan fingerprint density at radius 3 is 3.00 bits per heavy atom. The van der Waals surface area contributed by atoms with Crippen molar-refractivity contribution < 1.29 is 19.1 Å². The molecule has 28 heavy (non-hydrogen) atoms. The van der Waals surface area contributed by atoms with Gasteiger partial charge in [-0.1, -0.05) is 13.0 Å². The Morgan fingerprint density at radius 2 is 2.21 bits per heavy atom. The van der Waals surface area contributed by atoms with Gasteiger partial charge in [-0.2, -0.15) is 5.26 Å². The number of aromatic nitrogens is 1. The molecule has 0 amide bonds. The summed E-state index contributed by atoms with van der Waals surface area (Å²) in [6.07, 6.45) is 3.07. The first-order valence-electron chi connectivity index (χ1n) is 9.55. The van der Waals surface area contributed by atoms with Crippen LogP contribution in [0.25, 0.3) is 16.5 Å². The summed E-state index contributed by atoms with van der Waals surface area (Å²) in [5.41, 5.74) is 2.06. The van der Waals surface area contributed by atoms with E-state index in [0.717, 1.165) is 41.6 Å². The Morgan fingerprint density at radius 1 is 1.36 bits per heavy atom. The van der Waals surface area contributed by atoms with Crippen molar-refractivity contribution in [2.45, 2.75) is 44.4 Å². The standard InChI is InChI=1S/C21H19N3O4/c1-2-8-24-13-6-7-21(24)18(27-19(25)20(26)28-21)15(9-13)17-10-14-12(11-22)4-3-5-16(14)23-17/h3-5,10,13,23H,2,6-9H2,1H3. The minimum absolute atomic E-state index is 0.213. The lowest BCUT2D eigenvalue weighted by molar-refractivity contribution is -0.207. The summed E-state index contributed by atoms with van der Waals surface area (Å²) in [7, 11) is 0. The molecule has 3 aliphatic heterocycles. The first-order chi connectivity index (χ1) is 13.6. The van der Waals surface area contributed by atoms with Crippen LogP contribution in [-0.4, -0.2) is 40.1 Å². The molecule has 2 unspecified atom stereocenters. The van der Waals surface area contributed by atoms with Crippen LogP contribution in [0.2, 0.25) is 0 Å². The quantitative estimate of drug-likeness (QED) is 0.653. The van der Waals surface area contributed by atoms with Crippen molar-refractivity contribution in [3.05, 3.63) is 41.3 Å². The first kappa shape index (κ1) is 17.0. The number of nitrogens with one attached hydrogen (secondary N) is 1. The molecule has 2 aromatic rings. The van der Waals surface area contributed by atoms with Crippen molar-refractivity contribution in [1.29, 1.82) is 5.26 Å². The highest BCUT2D eigenvalue weighted by atomic mass is 16.7. The number of aromatic amines is 1. The topological polar surface area (TPSA) is 95.4 Å². The summed E-state index contributed by atoms with van der Waals surface area (Å²) in [6.45, 7) is 2.84. The summed E-state index contributed by atoms with van der Waals surface area (Å²) in [4.78, 5) is 29.6. The summed E-state index contributed by atoms with van der Waals surface area (Å²) in [6, 6.07) is 9.86. The van der Waals surface area contributed by atoms with Gasteiger partial charge in [0, 0.05) is 41.2 Å². The monoisotopic (exact) mass is 377 g/mol. The third-order valence-electron chi connectivity index (χ3n) is 5.99. The molecule has 1 aromatic carbocycles. The molecular formula is C21H19N3O4. The molecule has 4 heterocycles. The van der Waals surface area contributed by atoms with E-state index in [1.807, 2.05) is 18.2 Å². The summed E-state index contributed by atoms with van der Waals surface area (Å²) in [5, 5.41) is 10.2. The molecule has 1 aromatic heterocycles. The van der Waals surface area contributed by atoms with Crippen LogP contribution in [0.3, 0.4) is 0 Å². The van der Waals surface area contributed by atoms with Crippen LogP contribution in [-0.2, 0) is 19.1 Å². The molecule has 1 spiro atoms. The van der Waals surface area contributed by atoms with Gasteiger partial charge in [0.05, 0.1) is 11.6 Å². The number of nitriles is 1. The van der Waals surface area contributed by atoms with E-state index in [9.17, 15) is 14.9 Å². The van der Waals surface area contributed by atoms with Gasteiger partial charge in [0.1, 0.15) is 0 Å². The van der Waals surface area contributed by atoms with Gasteiger partial charge in [-0.05, 0) is 37.5 Å². The number of carbonyl (C=O) groups is 2. The predicted molar refractivity (Wildman–Crippen MR) is 99.5 cm³/mol. The normalized spacial score (nSPS) is 26.8. The van der Waals surface area contributed by atoms with E-state index in [0.29, 0.717) is 24.2 Å². The number of H-pyrrole nitrogens is 1. The molecule has 5 rings (SSSR count). The average molecular weight is 377 g/mol. The molecule has 0 radical (unpaired) electrons. The summed E-state index contributed by atoms with van der Waals surface area (Å²) < 4.78 is 11.3. The second-order valence-electron chi connectivity index (χ2n) is 7.52. The molecule has 2 bridgehead atoms. The predicted octanol–water partition coefficient (Wildman–Crippen LogP) is 2.83. The lowest BCUT2D eigenvalue weighted by Gasteiger charge is -2.46. The van der Waals surface area contributed by atoms with Crippen molar-refractivity contribution in [3.8, 4) is 6.07 Å². The number of rotatable bonds is 3. The molecule has 3 aliphatic rings. The Labute approximate surface area is 161 Å². The average Bonchev–Trinajstić information content (AvgIpc) is 3.22. The molecular weight excluding hydrogens is 358 g/mol. The Balaban J connectivity index is 1.71.